The summed E-state index contributed by atoms with van der Waals surface area (Å²) in [6.45, 7) is 5.79. The van der Waals surface area contributed by atoms with Crippen molar-refractivity contribution in [1.29, 1.82) is 0 Å². The van der Waals surface area contributed by atoms with Gasteiger partial charge in [-0.1, -0.05) is 0 Å². The highest BCUT2D eigenvalue weighted by Gasteiger charge is 2.41. The Hall–Kier alpha value is -0.700. The molecule has 1 aliphatic carbocycles. The molecule has 2 N–H and O–H groups in total. The van der Waals surface area contributed by atoms with Gasteiger partial charge in [-0.15, -0.1) is 11.6 Å². The van der Waals surface area contributed by atoms with Crippen LogP contribution in [0.5, 0.6) is 0 Å². The summed E-state index contributed by atoms with van der Waals surface area (Å²) in [5.41, 5.74) is 6.55. The van der Waals surface area contributed by atoms with E-state index in [4.69, 9.17) is 22.1 Å². The summed E-state index contributed by atoms with van der Waals surface area (Å²) in [5, 5.41) is 0. The van der Waals surface area contributed by atoms with Gasteiger partial charge in [0.05, 0.1) is 4.87 Å². The third kappa shape index (κ3) is 3.42. The topological polar surface area (TPSA) is 47.6 Å². The lowest BCUT2D eigenvalue weighted by Gasteiger charge is -2.22. The van der Waals surface area contributed by atoms with Gasteiger partial charge in [0, 0.05) is 18.8 Å². The number of alkyl halides is 1. The lowest BCUT2D eigenvalue weighted by atomic mass is 10.0. The SMILES string of the molecule is CN=CC(=C(N)OC1(C)CC1)C(C)(C)Cl. The summed E-state index contributed by atoms with van der Waals surface area (Å²) in [4.78, 5) is 3.39. The molecule has 0 aromatic heterocycles. The molecule has 0 aliphatic heterocycles. The first-order chi connectivity index (χ1) is 6.78. The highest BCUT2D eigenvalue weighted by atomic mass is 35.5. The summed E-state index contributed by atoms with van der Waals surface area (Å²) >= 11 is 6.21. The van der Waals surface area contributed by atoms with E-state index in [1.807, 2.05) is 20.8 Å². The average Bonchev–Trinajstić information content (AvgIpc) is 2.76. The fourth-order valence-corrected chi connectivity index (χ4v) is 1.38. The predicted octanol–water partition coefficient (Wildman–Crippen LogP) is 2.44. The molecule has 1 saturated carbocycles. The maximum absolute atomic E-state index is 6.21. The summed E-state index contributed by atoms with van der Waals surface area (Å²) in [6.07, 6.45) is 3.76. The number of halogens is 1. The van der Waals surface area contributed by atoms with Crippen molar-refractivity contribution in [2.45, 2.75) is 44.1 Å². The smallest absolute Gasteiger partial charge is 0.191 e. The summed E-state index contributed by atoms with van der Waals surface area (Å²) in [7, 11) is 1.69. The van der Waals surface area contributed by atoms with Crippen molar-refractivity contribution in [3.63, 3.8) is 0 Å². The van der Waals surface area contributed by atoms with Crippen LogP contribution < -0.4 is 5.73 Å². The Bertz CT molecular complexity index is 298. The third-order valence-electron chi connectivity index (χ3n) is 2.47. The number of hydrogen-bond donors (Lipinski definition) is 1. The fraction of sp³-hybridized carbons (Fsp3) is 0.727. The summed E-state index contributed by atoms with van der Waals surface area (Å²) in [5.74, 6) is 0.389. The van der Waals surface area contributed by atoms with E-state index in [-0.39, 0.29) is 5.60 Å². The molecule has 1 aliphatic rings. The second-order valence-corrected chi connectivity index (χ2v) is 5.63. The lowest BCUT2D eigenvalue weighted by Crippen LogP contribution is -2.24. The molecule has 0 aromatic rings. The molecule has 1 fully saturated rings. The lowest BCUT2D eigenvalue weighted by molar-refractivity contribution is 0.106. The molecule has 3 nitrogen and oxygen atoms in total. The van der Waals surface area contributed by atoms with Crippen LogP contribution in [-0.4, -0.2) is 23.7 Å². The molecule has 0 saturated heterocycles. The molecular formula is C11H19ClN2O. The normalized spacial score (nSPS) is 21.4. The number of ether oxygens (including phenoxy) is 1. The van der Waals surface area contributed by atoms with Gasteiger partial charge >= 0.3 is 0 Å². The van der Waals surface area contributed by atoms with Crippen LogP contribution in [0.15, 0.2) is 16.4 Å². The number of allylic oxidation sites excluding steroid dienone is 1. The van der Waals surface area contributed by atoms with Crippen LogP contribution in [-0.2, 0) is 4.74 Å². The van der Waals surface area contributed by atoms with Crippen LogP contribution >= 0.6 is 11.6 Å². The molecule has 0 radical (unpaired) electrons. The van der Waals surface area contributed by atoms with Gasteiger partial charge in [0.25, 0.3) is 0 Å². The molecule has 0 heterocycles. The maximum atomic E-state index is 6.21. The minimum absolute atomic E-state index is 0.0843. The van der Waals surface area contributed by atoms with Crippen LogP contribution in [0, 0.1) is 0 Å². The van der Waals surface area contributed by atoms with E-state index in [9.17, 15) is 0 Å². The molecule has 0 spiro atoms. The first-order valence-corrected chi connectivity index (χ1v) is 5.47. The zero-order valence-electron chi connectivity index (χ0n) is 9.80. The molecule has 0 atom stereocenters. The van der Waals surface area contributed by atoms with E-state index in [1.165, 1.54) is 0 Å². The molecule has 15 heavy (non-hydrogen) atoms. The quantitative estimate of drug-likeness (QED) is 0.458. The van der Waals surface area contributed by atoms with E-state index in [0.29, 0.717) is 5.88 Å². The Morgan fingerprint density at radius 2 is 2.07 bits per heavy atom. The fourth-order valence-electron chi connectivity index (χ4n) is 1.24. The zero-order chi connectivity index (χ0) is 11.7. The highest BCUT2D eigenvalue weighted by molar-refractivity contribution is 6.27. The van der Waals surface area contributed by atoms with Crippen LogP contribution in [0.25, 0.3) is 0 Å². The summed E-state index contributed by atoms with van der Waals surface area (Å²) in [6, 6.07) is 0. The second-order valence-electron chi connectivity index (χ2n) is 4.69. The molecule has 0 bridgehead atoms. The monoisotopic (exact) mass is 230 g/mol. The van der Waals surface area contributed by atoms with Crippen molar-refractivity contribution < 1.29 is 4.74 Å². The molecule has 0 aromatic carbocycles. The van der Waals surface area contributed by atoms with Gasteiger partial charge in [-0.25, -0.2) is 0 Å². The Balaban J connectivity index is 2.89. The van der Waals surface area contributed by atoms with E-state index in [2.05, 4.69) is 4.99 Å². The van der Waals surface area contributed by atoms with Crippen LogP contribution in [0.1, 0.15) is 33.6 Å². The summed E-state index contributed by atoms with van der Waals surface area (Å²) < 4.78 is 5.67. The van der Waals surface area contributed by atoms with E-state index < -0.39 is 4.87 Å². The number of nitrogens with zero attached hydrogens (tertiary/aromatic N) is 1. The average molecular weight is 231 g/mol. The minimum atomic E-state index is -0.561. The van der Waals surface area contributed by atoms with Gasteiger partial charge < -0.3 is 10.5 Å². The molecule has 0 unspecified atom stereocenters. The standard InChI is InChI=1S/C11H19ClN2O/c1-10(2,12)8(7-14-4)9(13)15-11(3)5-6-11/h7H,5-6,13H2,1-4H3. The molecular weight excluding hydrogens is 212 g/mol. The first kappa shape index (κ1) is 12.4. The van der Waals surface area contributed by atoms with Crippen molar-refractivity contribution in [1.82, 2.24) is 0 Å². The number of nitrogens with two attached hydrogens (primary N) is 1. The largest absolute Gasteiger partial charge is 0.473 e. The number of hydrogen-bond acceptors (Lipinski definition) is 3. The number of rotatable bonds is 4. The van der Waals surface area contributed by atoms with Crippen LogP contribution in [0.2, 0.25) is 0 Å². The molecule has 86 valence electrons. The maximum Gasteiger partial charge on any atom is 0.191 e. The third-order valence-corrected chi connectivity index (χ3v) is 2.68. The molecule has 4 heteroatoms. The van der Waals surface area contributed by atoms with Gasteiger partial charge in [0.15, 0.2) is 5.88 Å². The van der Waals surface area contributed by atoms with Gasteiger partial charge in [-0.2, -0.15) is 0 Å². The molecule has 0 amide bonds. The Kier molecular flexibility index (Phi) is 3.34. The Morgan fingerprint density at radius 1 is 1.53 bits per heavy atom. The number of aliphatic imine (C=N–C) groups is 1. The molecule has 1 rings (SSSR count). The van der Waals surface area contributed by atoms with Crippen LogP contribution in [0.3, 0.4) is 0 Å². The van der Waals surface area contributed by atoms with Crippen molar-refractivity contribution >= 4 is 17.8 Å². The van der Waals surface area contributed by atoms with Crippen molar-refractivity contribution in [2.75, 3.05) is 7.05 Å². The first-order valence-electron chi connectivity index (χ1n) is 5.09. The van der Waals surface area contributed by atoms with E-state index >= 15 is 0 Å². The highest BCUT2D eigenvalue weighted by Crippen LogP contribution is 2.40. The zero-order valence-corrected chi connectivity index (χ0v) is 10.6. The Labute approximate surface area is 96.3 Å². The second kappa shape index (κ2) is 4.05. The van der Waals surface area contributed by atoms with Gasteiger partial charge in [-0.3, -0.25) is 4.99 Å². The van der Waals surface area contributed by atoms with E-state index in [0.717, 1.165) is 18.4 Å². The minimum Gasteiger partial charge on any atom is -0.473 e. The van der Waals surface area contributed by atoms with Gasteiger partial charge in [-0.05, 0) is 33.6 Å². The van der Waals surface area contributed by atoms with Crippen LogP contribution in [0.4, 0.5) is 0 Å². The van der Waals surface area contributed by atoms with Crippen molar-refractivity contribution in [3.05, 3.63) is 11.5 Å². The van der Waals surface area contributed by atoms with Gasteiger partial charge in [0.1, 0.15) is 5.60 Å². The van der Waals surface area contributed by atoms with Crippen molar-refractivity contribution in [3.8, 4) is 0 Å². The van der Waals surface area contributed by atoms with E-state index in [1.54, 1.807) is 13.3 Å². The van der Waals surface area contributed by atoms with Gasteiger partial charge in [0.2, 0.25) is 0 Å². The predicted molar refractivity (Wildman–Crippen MR) is 64.3 cm³/mol. The van der Waals surface area contributed by atoms with Crippen molar-refractivity contribution in [2.24, 2.45) is 10.7 Å². The Morgan fingerprint density at radius 3 is 2.40 bits per heavy atom.